The van der Waals surface area contributed by atoms with Crippen molar-refractivity contribution in [3.8, 4) is 0 Å². The van der Waals surface area contributed by atoms with Gasteiger partial charge in [0.05, 0.1) is 0 Å². The van der Waals surface area contributed by atoms with Crippen molar-refractivity contribution in [2.45, 2.75) is 64.1 Å². The molecule has 0 aliphatic carbocycles. The maximum Gasteiger partial charge on any atom is 0.408 e. The number of hydrogen-bond donors (Lipinski definition) is 3. The lowest BCUT2D eigenvalue weighted by molar-refractivity contribution is -0.147. The van der Waals surface area contributed by atoms with E-state index in [2.05, 4.69) is 26.7 Å². The zero-order valence-electron chi connectivity index (χ0n) is 17.5. The van der Waals surface area contributed by atoms with Gasteiger partial charge in [-0.05, 0) is 57.4 Å². The van der Waals surface area contributed by atoms with E-state index in [1.165, 1.54) is 12.1 Å². The number of carboxylic acid groups (broad SMARTS) is 1. The molecule has 172 valence electrons. The first kappa shape index (κ1) is 25.0. The topological polar surface area (TPSA) is 108 Å². The molecule has 1 aliphatic heterocycles. The molecule has 0 bridgehead atoms. The van der Waals surface area contributed by atoms with Crippen molar-refractivity contribution in [1.29, 1.82) is 0 Å². The zero-order valence-corrected chi connectivity index (χ0v) is 19.0. The maximum absolute atomic E-state index is 13.2. The van der Waals surface area contributed by atoms with Crippen LogP contribution in [0.2, 0.25) is 0 Å². The van der Waals surface area contributed by atoms with Gasteiger partial charge in [-0.25, -0.2) is 19.0 Å². The second-order valence-corrected chi connectivity index (χ2v) is 9.16. The van der Waals surface area contributed by atoms with Crippen LogP contribution in [0.4, 0.5) is 13.6 Å². The second kappa shape index (κ2) is 10.4. The molecule has 2 amide bonds. The Bertz CT molecular complexity index is 832. The third-order valence-electron chi connectivity index (χ3n) is 4.41. The largest absolute Gasteiger partial charge is 0.480 e. The maximum atomic E-state index is 13.2. The first-order valence-electron chi connectivity index (χ1n) is 9.73. The highest BCUT2D eigenvalue weighted by atomic mass is 79.9. The average molecular weight is 506 g/mol. The molecule has 0 aromatic heterocycles. The van der Waals surface area contributed by atoms with E-state index in [1.807, 2.05) is 0 Å². The van der Waals surface area contributed by atoms with E-state index in [0.717, 1.165) is 5.01 Å². The van der Waals surface area contributed by atoms with Crippen molar-refractivity contribution in [1.82, 2.24) is 15.8 Å². The van der Waals surface area contributed by atoms with Crippen molar-refractivity contribution in [2.75, 3.05) is 6.54 Å². The lowest BCUT2D eigenvalue weighted by atomic mass is 10.0. The SMILES string of the molecule is CC(C)(C)OC(=O)N[C@@H](Cc1cc(Br)cc(C(F)F)c1)C(=O)N1CCC[C@@H](C(=O)O)N1. The molecular weight excluding hydrogens is 480 g/mol. The standard InChI is InChI=1S/C20H26BrF2N3O5/c1-20(2,3)31-19(30)24-15(9-11-7-12(16(22)23)10-13(21)8-11)17(27)26-6-4-5-14(25-26)18(28)29/h7-8,10,14-16,25H,4-6,9H2,1-3H3,(H,24,30)(H,28,29)/t14-,15-/m0/s1. The monoisotopic (exact) mass is 505 g/mol. The molecule has 0 saturated carbocycles. The highest BCUT2D eigenvalue weighted by Gasteiger charge is 2.33. The number of carbonyl (C=O) groups excluding carboxylic acids is 2. The molecule has 2 rings (SSSR count). The Kier molecular flexibility index (Phi) is 8.35. The summed E-state index contributed by atoms with van der Waals surface area (Å²) in [7, 11) is 0. The highest BCUT2D eigenvalue weighted by molar-refractivity contribution is 9.10. The number of hydrogen-bond acceptors (Lipinski definition) is 5. The third kappa shape index (κ3) is 7.73. The summed E-state index contributed by atoms with van der Waals surface area (Å²) in [6.45, 7) is 5.23. The molecule has 3 N–H and O–H groups in total. The zero-order chi connectivity index (χ0) is 23.3. The molecule has 1 heterocycles. The predicted molar refractivity (Wildman–Crippen MR) is 111 cm³/mol. The number of halogens is 3. The number of nitrogens with zero attached hydrogens (tertiary/aromatic N) is 1. The number of carbonyl (C=O) groups is 3. The van der Waals surface area contributed by atoms with Crippen molar-refractivity contribution in [3.05, 3.63) is 33.8 Å². The van der Waals surface area contributed by atoms with Gasteiger partial charge in [0.1, 0.15) is 17.7 Å². The molecule has 1 fully saturated rings. The van der Waals surface area contributed by atoms with Crippen LogP contribution in [0.5, 0.6) is 0 Å². The first-order valence-corrected chi connectivity index (χ1v) is 10.5. The summed E-state index contributed by atoms with van der Waals surface area (Å²) < 4.78 is 32.0. The molecule has 31 heavy (non-hydrogen) atoms. The smallest absolute Gasteiger partial charge is 0.408 e. The Balaban J connectivity index is 2.27. The molecular formula is C20H26BrF2N3O5. The summed E-state index contributed by atoms with van der Waals surface area (Å²) in [6.07, 6.45) is -2.83. The predicted octanol–water partition coefficient (Wildman–Crippen LogP) is 3.40. The fourth-order valence-electron chi connectivity index (χ4n) is 3.12. The van der Waals surface area contributed by atoms with Crippen LogP contribution in [0.15, 0.2) is 22.7 Å². The van der Waals surface area contributed by atoms with Gasteiger partial charge in [-0.1, -0.05) is 15.9 Å². The van der Waals surface area contributed by atoms with E-state index >= 15 is 0 Å². The third-order valence-corrected chi connectivity index (χ3v) is 4.87. The van der Waals surface area contributed by atoms with E-state index in [1.54, 1.807) is 26.8 Å². The summed E-state index contributed by atoms with van der Waals surface area (Å²) in [5.74, 6) is -1.68. The molecule has 1 aliphatic rings. The van der Waals surface area contributed by atoms with Crippen molar-refractivity contribution in [3.63, 3.8) is 0 Å². The fraction of sp³-hybridized carbons (Fsp3) is 0.550. The van der Waals surface area contributed by atoms with E-state index in [9.17, 15) is 28.3 Å². The Labute approximate surface area is 187 Å². The average Bonchev–Trinajstić information content (AvgIpc) is 2.65. The summed E-state index contributed by atoms with van der Waals surface area (Å²) in [6, 6.07) is 2.02. The molecule has 8 nitrogen and oxygen atoms in total. The van der Waals surface area contributed by atoms with Gasteiger partial charge in [-0.2, -0.15) is 0 Å². The van der Waals surface area contributed by atoms with Crippen molar-refractivity contribution >= 4 is 33.9 Å². The van der Waals surface area contributed by atoms with Crippen LogP contribution in [0.1, 0.15) is 51.2 Å². The Morgan fingerprint density at radius 2 is 2.00 bits per heavy atom. The quantitative estimate of drug-likeness (QED) is 0.546. The number of ether oxygens (including phenoxy) is 1. The second-order valence-electron chi connectivity index (χ2n) is 8.25. The molecule has 1 aromatic carbocycles. The summed E-state index contributed by atoms with van der Waals surface area (Å²) in [5, 5.41) is 12.9. The van der Waals surface area contributed by atoms with Gasteiger partial charge >= 0.3 is 12.1 Å². The number of nitrogens with one attached hydrogen (secondary N) is 2. The molecule has 1 aromatic rings. The normalized spacial score (nSPS) is 17.9. The lowest BCUT2D eigenvalue weighted by Crippen LogP contribution is -2.60. The van der Waals surface area contributed by atoms with Crippen LogP contribution in [0, 0.1) is 0 Å². The summed E-state index contributed by atoms with van der Waals surface area (Å²) in [4.78, 5) is 36.7. The fourth-order valence-corrected chi connectivity index (χ4v) is 3.67. The van der Waals surface area contributed by atoms with E-state index in [-0.39, 0.29) is 18.5 Å². The minimum Gasteiger partial charge on any atom is -0.480 e. The van der Waals surface area contributed by atoms with E-state index in [4.69, 9.17) is 4.74 Å². The van der Waals surface area contributed by atoms with Gasteiger partial charge in [0.15, 0.2) is 0 Å². The molecule has 2 atom stereocenters. The summed E-state index contributed by atoms with van der Waals surface area (Å²) >= 11 is 3.18. The first-order chi connectivity index (χ1) is 14.4. The molecule has 0 radical (unpaired) electrons. The van der Waals surface area contributed by atoms with Crippen LogP contribution >= 0.6 is 15.9 Å². The molecule has 11 heteroatoms. The minimum atomic E-state index is -2.70. The number of alkyl halides is 2. The lowest BCUT2D eigenvalue weighted by Gasteiger charge is -2.34. The Morgan fingerprint density at radius 3 is 2.58 bits per heavy atom. The Morgan fingerprint density at radius 1 is 1.32 bits per heavy atom. The van der Waals surface area contributed by atoms with Crippen LogP contribution in [-0.4, -0.2) is 52.3 Å². The highest BCUT2D eigenvalue weighted by Crippen LogP contribution is 2.25. The summed E-state index contributed by atoms with van der Waals surface area (Å²) in [5.41, 5.74) is 2.00. The van der Waals surface area contributed by atoms with Gasteiger partial charge < -0.3 is 15.2 Å². The van der Waals surface area contributed by atoms with Gasteiger partial charge in [-0.15, -0.1) is 0 Å². The van der Waals surface area contributed by atoms with Gasteiger partial charge in [0.25, 0.3) is 12.3 Å². The van der Waals surface area contributed by atoms with Crippen molar-refractivity contribution < 1.29 is 33.0 Å². The Hall–Kier alpha value is -2.27. The number of hydrazine groups is 1. The molecule has 0 spiro atoms. The molecule has 0 unspecified atom stereocenters. The van der Waals surface area contributed by atoms with Crippen LogP contribution < -0.4 is 10.7 Å². The number of amides is 2. The van der Waals surface area contributed by atoms with Gasteiger partial charge in [0, 0.05) is 23.0 Å². The van der Waals surface area contributed by atoms with Gasteiger partial charge in [0.2, 0.25) is 0 Å². The van der Waals surface area contributed by atoms with E-state index in [0.29, 0.717) is 22.9 Å². The van der Waals surface area contributed by atoms with Crippen molar-refractivity contribution in [2.24, 2.45) is 0 Å². The number of aliphatic carboxylic acids is 1. The van der Waals surface area contributed by atoms with Crippen LogP contribution in [-0.2, 0) is 20.7 Å². The minimum absolute atomic E-state index is 0.0901. The number of alkyl carbamates (subject to hydrolysis) is 1. The van der Waals surface area contributed by atoms with Crippen LogP contribution in [0.3, 0.4) is 0 Å². The number of carboxylic acids is 1. The molecule has 1 saturated heterocycles. The number of benzene rings is 1. The van der Waals surface area contributed by atoms with Crippen LogP contribution in [0.25, 0.3) is 0 Å². The number of rotatable bonds is 6. The van der Waals surface area contributed by atoms with E-state index < -0.39 is 42.1 Å². The van der Waals surface area contributed by atoms with Gasteiger partial charge in [-0.3, -0.25) is 14.6 Å².